The molecule has 126 valence electrons. The smallest absolute Gasteiger partial charge is 0.296 e. The maximum Gasteiger partial charge on any atom is 0.296 e. The summed E-state index contributed by atoms with van der Waals surface area (Å²) in [4.78, 5) is 0. The molecule has 1 fully saturated rings. The number of nitrogens with two attached hydrogens (primary N) is 1. The first-order valence-corrected chi connectivity index (χ1v) is 8.63. The van der Waals surface area contributed by atoms with Gasteiger partial charge in [-0.25, -0.2) is 0 Å². The van der Waals surface area contributed by atoms with Crippen LogP contribution in [0.25, 0.3) is 0 Å². The lowest BCUT2D eigenvalue weighted by Gasteiger charge is -2.39. The fourth-order valence-electron chi connectivity index (χ4n) is 2.37. The fraction of sp³-hybridized carbons (Fsp3) is 0.529. The summed E-state index contributed by atoms with van der Waals surface area (Å²) in [6, 6.07) is 0. The zero-order valence-electron chi connectivity index (χ0n) is 14.3. The lowest BCUT2D eigenvalue weighted by atomic mass is 9.79. The Labute approximate surface area is 141 Å². The van der Waals surface area contributed by atoms with Crippen molar-refractivity contribution in [3.8, 4) is 5.19 Å². The maximum atomic E-state index is 5.72. The Morgan fingerprint density at radius 1 is 1.39 bits per heavy atom. The summed E-state index contributed by atoms with van der Waals surface area (Å²) in [7, 11) is 0. The Morgan fingerprint density at radius 3 is 2.61 bits per heavy atom. The molecule has 0 bridgehead atoms. The molecule has 1 saturated heterocycles. The number of hydrogen-bond acceptors (Lipinski definition) is 6. The van der Waals surface area contributed by atoms with Crippen LogP contribution in [0.15, 0.2) is 34.9 Å². The van der Waals surface area contributed by atoms with Gasteiger partial charge < -0.3 is 15.2 Å². The molecule has 1 aliphatic rings. The van der Waals surface area contributed by atoms with Crippen molar-refractivity contribution in [3.63, 3.8) is 0 Å². The van der Waals surface area contributed by atoms with Crippen molar-refractivity contribution in [2.45, 2.75) is 34.1 Å². The van der Waals surface area contributed by atoms with E-state index < -0.39 is 0 Å². The van der Waals surface area contributed by atoms with Crippen LogP contribution in [-0.2, 0) is 4.74 Å². The predicted molar refractivity (Wildman–Crippen MR) is 94.6 cm³/mol. The third kappa shape index (κ3) is 4.42. The minimum atomic E-state index is 0.130. The van der Waals surface area contributed by atoms with Crippen LogP contribution in [0.5, 0.6) is 5.19 Å². The number of nitrogens with zero attached hydrogens (tertiary/aromatic N) is 2. The topological polar surface area (TPSA) is 70.3 Å². The third-order valence-corrected chi connectivity index (χ3v) is 4.83. The standard InChI is InChI=1S/C17H25N3O2S/c1-5-12(3)13(9-22-16-20-19-15(18)23-16)7-8-14(6-2)17(4)10-21-11-17/h6-8H,5,9-11H2,1-4H3,(H2,18,19)/b8-7-,13-12+,14-6+. The van der Waals surface area contributed by atoms with Crippen LogP contribution in [0, 0.1) is 5.41 Å². The van der Waals surface area contributed by atoms with Crippen molar-refractivity contribution in [3.05, 3.63) is 34.9 Å². The number of ether oxygens (including phenoxy) is 2. The highest BCUT2D eigenvalue weighted by molar-refractivity contribution is 7.16. The Kier molecular flexibility index (Phi) is 5.96. The fourth-order valence-corrected chi connectivity index (χ4v) is 2.83. The highest BCUT2D eigenvalue weighted by Gasteiger charge is 2.35. The predicted octanol–water partition coefficient (Wildman–Crippen LogP) is 3.76. The number of rotatable bonds is 7. The Bertz CT molecular complexity index is 628. The largest absolute Gasteiger partial charge is 0.464 e. The summed E-state index contributed by atoms with van der Waals surface area (Å²) in [5.74, 6) is 0. The van der Waals surface area contributed by atoms with Gasteiger partial charge in [0.1, 0.15) is 6.61 Å². The van der Waals surface area contributed by atoms with E-state index in [9.17, 15) is 0 Å². The van der Waals surface area contributed by atoms with Crippen LogP contribution in [0.2, 0.25) is 0 Å². The van der Waals surface area contributed by atoms with Gasteiger partial charge in [-0.3, -0.25) is 0 Å². The van der Waals surface area contributed by atoms with E-state index in [1.807, 2.05) is 0 Å². The van der Waals surface area contributed by atoms with Crippen molar-refractivity contribution in [2.75, 3.05) is 25.6 Å². The van der Waals surface area contributed by atoms with Crippen LogP contribution in [-0.4, -0.2) is 30.0 Å². The Morgan fingerprint density at radius 2 is 2.13 bits per heavy atom. The molecule has 5 nitrogen and oxygen atoms in total. The van der Waals surface area contributed by atoms with Crippen LogP contribution < -0.4 is 10.5 Å². The average Bonchev–Trinajstić information content (AvgIpc) is 2.93. The third-order valence-electron chi connectivity index (χ3n) is 4.17. The molecule has 0 saturated carbocycles. The maximum absolute atomic E-state index is 5.72. The summed E-state index contributed by atoms with van der Waals surface area (Å²) >= 11 is 1.25. The normalized spacial score (nSPS) is 18.7. The van der Waals surface area contributed by atoms with Gasteiger partial charge in [0.25, 0.3) is 5.19 Å². The summed E-state index contributed by atoms with van der Waals surface area (Å²) in [6.07, 6.45) is 7.45. The van der Waals surface area contributed by atoms with Gasteiger partial charge in [-0.1, -0.05) is 42.7 Å². The van der Waals surface area contributed by atoms with Crippen LogP contribution in [0.3, 0.4) is 0 Å². The summed E-state index contributed by atoms with van der Waals surface area (Å²) in [5, 5.41) is 8.58. The van der Waals surface area contributed by atoms with Gasteiger partial charge in [0.2, 0.25) is 5.13 Å². The molecular formula is C17H25N3O2S. The SMILES string of the molecule is C\C=C(/C=C\C(COc1nnc(N)s1)=C(\C)CC)C1(C)COC1. The van der Waals surface area contributed by atoms with Crippen LogP contribution in [0.4, 0.5) is 5.13 Å². The average molecular weight is 335 g/mol. The number of nitrogen functional groups attached to an aromatic ring is 1. The van der Waals surface area contributed by atoms with Crippen molar-refractivity contribution in [1.82, 2.24) is 10.2 Å². The molecule has 0 aromatic carbocycles. The lowest BCUT2D eigenvalue weighted by Crippen LogP contribution is -2.40. The molecule has 1 aromatic rings. The molecule has 23 heavy (non-hydrogen) atoms. The van der Waals surface area contributed by atoms with E-state index in [1.165, 1.54) is 22.5 Å². The first kappa shape index (κ1) is 17.7. The minimum Gasteiger partial charge on any atom is -0.464 e. The monoisotopic (exact) mass is 335 g/mol. The number of allylic oxidation sites excluding steroid dienone is 3. The molecule has 1 aliphatic heterocycles. The van der Waals surface area contributed by atoms with Gasteiger partial charge in [0, 0.05) is 5.41 Å². The molecule has 0 atom stereocenters. The van der Waals surface area contributed by atoms with E-state index >= 15 is 0 Å². The lowest BCUT2D eigenvalue weighted by molar-refractivity contribution is -0.0759. The molecule has 2 heterocycles. The van der Waals surface area contributed by atoms with Crippen LogP contribution >= 0.6 is 11.3 Å². The van der Waals surface area contributed by atoms with Crippen molar-refractivity contribution in [1.29, 1.82) is 0 Å². The van der Waals surface area contributed by atoms with E-state index in [0.717, 1.165) is 25.2 Å². The molecule has 2 rings (SSSR count). The van der Waals surface area contributed by atoms with Gasteiger partial charge in [-0.2, -0.15) is 0 Å². The second kappa shape index (κ2) is 7.75. The molecular weight excluding hydrogens is 310 g/mol. The highest BCUT2D eigenvalue weighted by Crippen LogP contribution is 2.36. The number of hydrogen-bond donors (Lipinski definition) is 1. The second-order valence-corrected chi connectivity index (χ2v) is 6.96. The van der Waals surface area contributed by atoms with Gasteiger partial charge in [-0.15, -0.1) is 5.10 Å². The van der Waals surface area contributed by atoms with Crippen molar-refractivity contribution >= 4 is 16.5 Å². The second-order valence-electron chi connectivity index (χ2n) is 5.98. The van der Waals surface area contributed by atoms with Crippen molar-refractivity contribution < 1.29 is 9.47 Å². The molecule has 0 radical (unpaired) electrons. The van der Waals surface area contributed by atoms with Gasteiger partial charge in [0.15, 0.2) is 0 Å². The van der Waals surface area contributed by atoms with Crippen LogP contribution in [0.1, 0.15) is 34.1 Å². The molecule has 0 unspecified atom stereocenters. The molecule has 6 heteroatoms. The quantitative estimate of drug-likeness (QED) is 0.768. The minimum absolute atomic E-state index is 0.130. The Balaban J connectivity index is 2.08. The molecule has 2 N–H and O–H groups in total. The van der Waals surface area contributed by atoms with E-state index in [2.05, 4.69) is 56.1 Å². The van der Waals surface area contributed by atoms with E-state index in [-0.39, 0.29) is 5.41 Å². The van der Waals surface area contributed by atoms with Crippen molar-refractivity contribution in [2.24, 2.45) is 5.41 Å². The molecule has 1 aromatic heterocycles. The molecule has 0 spiro atoms. The zero-order chi connectivity index (χ0) is 16.9. The van der Waals surface area contributed by atoms with Gasteiger partial charge in [-0.05, 0) is 42.8 Å². The molecule has 0 aliphatic carbocycles. The van der Waals surface area contributed by atoms with E-state index in [1.54, 1.807) is 0 Å². The zero-order valence-corrected chi connectivity index (χ0v) is 15.1. The summed E-state index contributed by atoms with van der Waals surface area (Å²) < 4.78 is 11.1. The Hall–Kier alpha value is -1.66. The van der Waals surface area contributed by atoms with Gasteiger partial charge in [0.05, 0.1) is 13.2 Å². The summed E-state index contributed by atoms with van der Waals surface area (Å²) in [6.45, 7) is 10.6. The number of anilines is 1. The van der Waals surface area contributed by atoms with E-state index in [4.69, 9.17) is 15.2 Å². The highest BCUT2D eigenvalue weighted by atomic mass is 32.1. The van der Waals surface area contributed by atoms with E-state index in [0.29, 0.717) is 16.9 Å². The van der Waals surface area contributed by atoms with Gasteiger partial charge >= 0.3 is 0 Å². The summed E-state index contributed by atoms with van der Waals surface area (Å²) in [5.41, 5.74) is 9.46. The number of aromatic nitrogens is 2. The molecule has 0 amide bonds. The first-order valence-electron chi connectivity index (χ1n) is 7.81. The first-order chi connectivity index (χ1) is 11.0.